The Balaban J connectivity index is 1.34. The molecule has 1 aliphatic rings. The van der Waals surface area contributed by atoms with Crippen LogP contribution in [0.1, 0.15) is 17.0 Å². The second-order valence-corrected chi connectivity index (χ2v) is 7.43. The zero-order valence-corrected chi connectivity index (χ0v) is 16.9. The van der Waals surface area contributed by atoms with Gasteiger partial charge in [0.25, 0.3) is 0 Å². The summed E-state index contributed by atoms with van der Waals surface area (Å²) in [6.07, 6.45) is 0. The van der Waals surface area contributed by atoms with Gasteiger partial charge in [0.1, 0.15) is 17.3 Å². The molecule has 1 saturated heterocycles. The third kappa shape index (κ3) is 4.83. The Morgan fingerprint density at radius 3 is 2.34 bits per heavy atom. The molecule has 0 N–H and O–H groups in total. The van der Waals surface area contributed by atoms with Crippen LogP contribution in [0, 0.1) is 12.7 Å². The van der Waals surface area contributed by atoms with Crippen molar-refractivity contribution < 1.29 is 13.5 Å². The molecular formula is C23H26FN3O2. The second-order valence-electron chi connectivity index (χ2n) is 7.43. The molecule has 0 spiro atoms. The summed E-state index contributed by atoms with van der Waals surface area (Å²) in [5.74, 6) is 2.14. The molecule has 29 heavy (non-hydrogen) atoms. The number of piperazine rings is 1. The van der Waals surface area contributed by atoms with Gasteiger partial charge in [-0.3, -0.25) is 9.80 Å². The molecule has 0 aliphatic carbocycles. The Kier molecular flexibility index (Phi) is 5.92. The number of rotatable bonds is 6. The van der Waals surface area contributed by atoms with Gasteiger partial charge in [-0.15, -0.1) is 0 Å². The molecule has 0 bridgehead atoms. The van der Waals surface area contributed by atoms with Crippen molar-refractivity contribution in [2.45, 2.75) is 20.0 Å². The Hall–Kier alpha value is -2.70. The number of nitrogens with zero attached hydrogens (tertiary/aromatic N) is 3. The molecule has 1 aromatic heterocycles. The summed E-state index contributed by atoms with van der Waals surface area (Å²) in [4.78, 5) is 9.48. The molecule has 3 aromatic rings. The molecular weight excluding hydrogens is 369 g/mol. The zero-order chi connectivity index (χ0) is 20.2. The van der Waals surface area contributed by atoms with E-state index >= 15 is 0 Å². The van der Waals surface area contributed by atoms with E-state index in [2.05, 4.69) is 9.80 Å². The predicted octanol–water partition coefficient (Wildman–Crippen LogP) is 4.12. The van der Waals surface area contributed by atoms with E-state index in [4.69, 9.17) is 14.1 Å². The Bertz CT molecular complexity index is 947. The molecule has 2 heterocycles. The molecule has 1 aliphatic heterocycles. The van der Waals surface area contributed by atoms with E-state index in [0.29, 0.717) is 5.89 Å². The predicted molar refractivity (Wildman–Crippen MR) is 110 cm³/mol. The van der Waals surface area contributed by atoms with Gasteiger partial charge < -0.3 is 9.15 Å². The molecule has 0 radical (unpaired) electrons. The van der Waals surface area contributed by atoms with E-state index in [-0.39, 0.29) is 5.82 Å². The number of benzene rings is 2. The molecule has 0 amide bonds. The van der Waals surface area contributed by atoms with Gasteiger partial charge >= 0.3 is 0 Å². The first kappa shape index (κ1) is 19.6. The summed E-state index contributed by atoms with van der Waals surface area (Å²) >= 11 is 0. The minimum Gasteiger partial charge on any atom is -0.497 e. The third-order valence-electron chi connectivity index (χ3n) is 5.36. The van der Waals surface area contributed by atoms with Crippen LogP contribution in [-0.2, 0) is 13.1 Å². The van der Waals surface area contributed by atoms with Crippen LogP contribution in [0.2, 0.25) is 0 Å². The first-order valence-electron chi connectivity index (χ1n) is 9.90. The van der Waals surface area contributed by atoms with Crippen LogP contribution < -0.4 is 4.74 Å². The van der Waals surface area contributed by atoms with Crippen LogP contribution >= 0.6 is 0 Å². The monoisotopic (exact) mass is 395 g/mol. The highest BCUT2D eigenvalue weighted by Gasteiger charge is 2.20. The quantitative estimate of drug-likeness (QED) is 0.628. The average molecular weight is 395 g/mol. The van der Waals surface area contributed by atoms with Crippen molar-refractivity contribution in [1.29, 1.82) is 0 Å². The first-order chi connectivity index (χ1) is 14.1. The van der Waals surface area contributed by atoms with E-state index < -0.39 is 0 Å². The lowest BCUT2D eigenvalue weighted by atomic mass is 10.2. The maximum absolute atomic E-state index is 13.4. The minimum absolute atomic E-state index is 0.171. The van der Waals surface area contributed by atoms with E-state index in [1.807, 2.05) is 37.3 Å². The Morgan fingerprint density at radius 2 is 1.69 bits per heavy atom. The van der Waals surface area contributed by atoms with E-state index in [9.17, 15) is 4.39 Å². The molecule has 6 heteroatoms. The molecule has 5 nitrogen and oxygen atoms in total. The van der Waals surface area contributed by atoms with Crippen molar-refractivity contribution in [3.05, 3.63) is 71.4 Å². The van der Waals surface area contributed by atoms with E-state index in [1.54, 1.807) is 19.2 Å². The van der Waals surface area contributed by atoms with Gasteiger partial charge in [0.15, 0.2) is 0 Å². The second kappa shape index (κ2) is 8.76. The van der Waals surface area contributed by atoms with Gasteiger partial charge in [-0.1, -0.05) is 12.1 Å². The summed E-state index contributed by atoms with van der Waals surface area (Å²) in [6, 6.07) is 14.6. The summed E-state index contributed by atoms with van der Waals surface area (Å²) in [6.45, 7) is 7.36. The third-order valence-corrected chi connectivity index (χ3v) is 5.36. The summed E-state index contributed by atoms with van der Waals surface area (Å²) in [5.41, 5.74) is 2.95. The molecule has 0 unspecified atom stereocenters. The van der Waals surface area contributed by atoms with Gasteiger partial charge in [0.05, 0.1) is 12.8 Å². The summed E-state index contributed by atoms with van der Waals surface area (Å²) in [7, 11) is 1.65. The van der Waals surface area contributed by atoms with Gasteiger partial charge in [-0.25, -0.2) is 9.37 Å². The van der Waals surface area contributed by atoms with Gasteiger partial charge in [0, 0.05) is 44.8 Å². The number of hydrogen-bond donors (Lipinski definition) is 0. The number of halogens is 1. The van der Waals surface area contributed by atoms with Crippen LogP contribution in [0.4, 0.5) is 4.39 Å². The van der Waals surface area contributed by atoms with E-state index in [1.165, 1.54) is 6.07 Å². The molecule has 2 aromatic carbocycles. The molecule has 152 valence electrons. The highest BCUT2D eigenvalue weighted by atomic mass is 19.1. The van der Waals surface area contributed by atoms with Gasteiger partial charge in [0.2, 0.25) is 5.89 Å². The van der Waals surface area contributed by atoms with Gasteiger partial charge in [-0.05, 0) is 48.9 Å². The van der Waals surface area contributed by atoms with Crippen molar-refractivity contribution in [3.63, 3.8) is 0 Å². The Labute approximate surface area is 170 Å². The number of aryl methyl sites for hydroxylation is 1. The highest BCUT2D eigenvalue weighted by molar-refractivity contribution is 5.55. The van der Waals surface area contributed by atoms with Crippen LogP contribution in [-0.4, -0.2) is 48.1 Å². The fraction of sp³-hybridized carbons (Fsp3) is 0.348. The SMILES string of the molecule is COc1ccc(-c2nc(CN3CCN(Cc4cccc(F)c4)CC3)c(C)o2)cc1. The van der Waals surface area contributed by atoms with Crippen LogP contribution in [0.25, 0.3) is 11.5 Å². The maximum Gasteiger partial charge on any atom is 0.226 e. The largest absolute Gasteiger partial charge is 0.497 e. The lowest BCUT2D eigenvalue weighted by Crippen LogP contribution is -2.45. The number of aromatic nitrogens is 1. The fourth-order valence-electron chi connectivity index (χ4n) is 3.64. The lowest BCUT2D eigenvalue weighted by molar-refractivity contribution is 0.120. The Morgan fingerprint density at radius 1 is 1.00 bits per heavy atom. The average Bonchev–Trinajstić information content (AvgIpc) is 3.10. The van der Waals surface area contributed by atoms with Crippen molar-refractivity contribution in [3.8, 4) is 17.2 Å². The van der Waals surface area contributed by atoms with Crippen molar-refractivity contribution in [2.24, 2.45) is 0 Å². The number of methoxy groups -OCH3 is 1. The van der Waals surface area contributed by atoms with Crippen molar-refractivity contribution in [2.75, 3.05) is 33.3 Å². The zero-order valence-electron chi connectivity index (χ0n) is 16.9. The number of hydrogen-bond acceptors (Lipinski definition) is 5. The number of ether oxygens (including phenoxy) is 1. The highest BCUT2D eigenvalue weighted by Crippen LogP contribution is 2.25. The molecule has 0 atom stereocenters. The van der Waals surface area contributed by atoms with Crippen molar-refractivity contribution in [1.82, 2.24) is 14.8 Å². The maximum atomic E-state index is 13.4. The van der Waals surface area contributed by atoms with Crippen LogP contribution in [0.15, 0.2) is 52.9 Å². The normalized spacial score (nSPS) is 15.6. The molecule has 0 saturated carbocycles. The summed E-state index contributed by atoms with van der Waals surface area (Å²) < 4.78 is 24.5. The number of oxazole rings is 1. The topological polar surface area (TPSA) is 41.7 Å². The van der Waals surface area contributed by atoms with Crippen molar-refractivity contribution >= 4 is 0 Å². The van der Waals surface area contributed by atoms with E-state index in [0.717, 1.165) is 67.6 Å². The standard InChI is InChI=1S/C23H26FN3O2/c1-17-22(25-23(29-17)19-6-8-21(28-2)9-7-19)16-27-12-10-26(11-13-27)15-18-4-3-5-20(24)14-18/h3-9,14H,10-13,15-16H2,1-2H3. The molecule has 1 fully saturated rings. The summed E-state index contributed by atoms with van der Waals surface area (Å²) in [5, 5.41) is 0. The van der Waals surface area contributed by atoms with Gasteiger partial charge in [-0.2, -0.15) is 0 Å². The molecule has 4 rings (SSSR count). The lowest BCUT2D eigenvalue weighted by Gasteiger charge is -2.34. The van der Waals surface area contributed by atoms with Crippen LogP contribution in [0.3, 0.4) is 0 Å². The van der Waals surface area contributed by atoms with Crippen LogP contribution in [0.5, 0.6) is 5.75 Å². The smallest absolute Gasteiger partial charge is 0.226 e. The fourth-order valence-corrected chi connectivity index (χ4v) is 3.64. The minimum atomic E-state index is -0.171. The first-order valence-corrected chi connectivity index (χ1v) is 9.90.